The summed E-state index contributed by atoms with van der Waals surface area (Å²) in [6.07, 6.45) is 33.6. The fourth-order valence-electron chi connectivity index (χ4n) is 2.11. The van der Waals surface area contributed by atoms with E-state index in [1.54, 1.807) is 12.2 Å². The van der Waals surface area contributed by atoms with Gasteiger partial charge in [-0.25, -0.2) is 4.79 Å². The van der Waals surface area contributed by atoms with Gasteiger partial charge in [0.15, 0.2) is 0 Å². The van der Waals surface area contributed by atoms with Crippen molar-refractivity contribution in [2.45, 2.75) is 58.3 Å². The van der Waals surface area contributed by atoms with E-state index in [-0.39, 0.29) is 5.97 Å². The van der Waals surface area contributed by atoms with E-state index in [9.17, 15) is 4.79 Å². The zero-order valence-corrected chi connectivity index (χ0v) is 15.9. The smallest absolute Gasteiger partial charge is 0.330 e. The Bertz CT molecular complexity index is 476. The Morgan fingerprint density at radius 2 is 1.16 bits per heavy atom. The van der Waals surface area contributed by atoms with Crippen LogP contribution in [0.15, 0.2) is 72.9 Å². The fraction of sp³-hybridized carbons (Fsp3) is 0.435. The Morgan fingerprint density at radius 3 is 1.72 bits per heavy atom. The first-order chi connectivity index (χ1) is 12.3. The molecule has 0 N–H and O–H groups in total. The molecule has 0 amide bonds. The molecule has 2 heteroatoms. The van der Waals surface area contributed by atoms with E-state index < -0.39 is 0 Å². The van der Waals surface area contributed by atoms with E-state index in [0.29, 0.717) is 0 Å². The summed E-state index contributed by atoms with van der Waals surface area (Å²) < 4.78 is 4.49. The second kappa shape index (κ2) is 20.0. The molecule has 0 atom stereocenters. The van der Waals surface area contributed by atoms with Crippen LogP contribution in [0.2, 0.25) is 0 Å². The first kappa shape index (κ1) is 22.9. The minimum atomic E-state index is -0.348. The van der Waals surface area contributed by atoms with Gasteiger partial charge in [0.2, 0.25) is 0 Å². The van der Waals surface area contributed by atoms with Gasteiger partial charge in [-0.15, -0.1) is 0 Å². The van der Waals surface area contributed by atoms with Crippen molar-refractivity contribution >= 4 is 5.97 Å². The van der Waals surface area contributed by atoms with Crippen molar-refractivity contribution in [1.82, 2.24) is 0 Å². The van der Waals surface area contributed by atoms with Crippen molar-refractivity contribution in [2.24, 2.45) is 0 Å². The summed E-state index contributed by atoms with van der Waals surface area (Å²) in [5.41, 5.74) is 0. The Balaban J connectivity index is 3.61. The van der Waals surface area contributed by atoms with Gasteiger partial charge in [-0.2, -0.15) is 0 Å². The van der Waals surface area contributed by atoms with Crippen LogP contribution in [0, 0.1) is 0 Å². The normalized spacial score (nSPS) is 12.9. The summed E-state index contributed by atoms with van der Waals surface area (Å²) >= 11 is 0. The highest BCUT2D eigenvalue weighted by Crippen LogP contribution is 2.08. The second-order valence-electron chi connectivity index (χ2n) is 5.76. The largest absolute Gasteiger partial charge is 0.466 e. The number of hydrogen-bond acceptors (Lipinski definition) is 2. The molecule has 0 fully saturated rings. The average Bonchev–Trinajstić information content (AvgIpc) is 2.63. The summed E-state index contributed by atoms with van der Waals surface area (Å²) in [7, 11) is 1.36. The predicted octanol–water partition coefficient (Wildman–Crippen LogP) is 6.64. The molecule has 138 valence electrons. The van der Waals surface area contributed by atoms with Crippen LogP contribution >= 0.6 is 0 Å². The quantitative estimate of drug-likeness (QED) is 0.153. The minimum absolute atomic E-state index is 0.348. The van der Waals surface area contributed by atoms with Crippen molar-refractivity contribution in [1.29, 1.82) is 0 Å². The van der Waals surface area contributed by atoms with E-state index in [2.05, 4.69) is 29.9 Å². The lowest BCUT2D eigenvalue weighted by Crippen LogP contribution is -1.92. The molecule has 0 radical (unpaired) electrons. The third-order valence-electron chi connectivity index (χ3n) is 3.54. The topological polar surface area (TPSA) is 26.3 Å². The Hall–Kier alpha value is -2.09. The Kier molecular flexibility index (Phi) is 18.3. The van der Waals surface area contributed by atoms with Gasteiger partial charge in [-0.3, -0.25) is 0 Å². The highest BCUT2D eigenvalue weighted by Gasteiger charge is 1.88. The van der Waals surface area contributed by atoms with Crippen LogP contribution < -0.4 is 0 Å². The van der Waals surface area contributed by atoms with Gasteiger partial charge in [-0.05, 0) is 12.8 Å². The maximum Gasteiger partial charge on any atom is 0.330 e. The van der Waals surface area contributed by atoms with Gasteiger partial charge < -0.3 is 4.74 Å². The molecule has 0 aliphatic heterocycles. The summed E-state index contributed by atoms with van der Waals surface area (Å²) in [6, 6.07) is 0. The van der Waals surface area contributed by atoms with E-state index in [0.717, 1.165) is 0 Å². The van der Waals surface area contributed by atoms with Crippen LogP contribution in [-0.4, -0.2) is 13.1 Å². The number of ether oxygens (including phenoxy) is 1. The molecule has 0 aromatic rings. The van der Waals surface area contributed by atoms with Gasteiger partial charge in [0.1, 0.15) is 0 Å². The third kappa shape index (κ3) is 19.9. The lowest BCUT2D eigenvalue weighted by Gasteiger charge is -1.98. The molecule has 2 nitrogen and oxygen atoms in total. The number of rotatable bonds is 14. The molecule has 0 saturated carbocycles. The summed E-state index contributed by atoms with van der Waals surface area (Å²) in [5, 5.41) is 0. The standard InChI is InChI=1S/C23H34O2/c1-3-4-5-6-7-8-9-10-11-12-13-14-15-16-17-18-19-20-21-22-23(24)25-2/h11-22H,3-10H2,1-2H3/b12-11+,14-13+,16-15+,18-17+,20-19+,22-21+. The molecule has 0 heterocycles. The van der Waals surface area contributed by atoms with Crippen LogP contribution in [0.5, 0.6) is 0 Å². The number of hydrogen-bond donors (Lipinski definition) is 0. The minimum Gasteiger partial charge on any atom is -0.466 e. The fourth-order valence-corrected chi connectivity index (χ4v) is 2.11. The number of methoxy groups -OCH3 is 1. The predicted molar refractivity (Wildman–Crippen MR) is 109 cm³/mol. The highest BCUT2D eigenvalue weighted by atomic mass is 16.5. The first-order valence-corrected chi connectivity index (χ1v) is 9.39. The van der Waals surface area contributed by atoms with Crippen molar-refractivity contribution in [3.8, 4) is 0 Å². The third-order valence-corrected chi connectivity index (χ3v) is 3.54. The van der Waals surface area contributed by atoms with Gasteiger partial charge in [-0.1, -0.05) is 112 Å². The number of carbonyl (C=O) groups excluding carboxylic acids is 1. The summed E-state index contributed by atoms with van der Waals surface area (Å²) in [4.78, 5) is 10.8. The second-order valence-corrected chi connectivity index (χ2v) is 5.76. The SMILES string of the molecule is CCCCCCCCC/C=C/C=C/C=C/C=C/C=C/C=C/C(=O)OC. The van der Waals surface area contributed by atoms with Crippen LogP contribution in [-0.2, 0) is 9.53 Å². The van der Waals surface area contributed by atoms with Crippen molar-refractivity contribution in [3.05, 3.63) is 72.9 Å². The van der Waals surface area contributed by atoms with Crippen molar-refractivity contribution in [2.75, 3.05) is 7.11 Å². The Morgan fingerprint density at radius 1 is 0.680 bits per heavy atom. The molecule has 0 unspecified atom stereocenters. The number of carbonyl (C=O) groups is 1. The van der Waals surface area contributed by atoms with Gasteiger partial charge in [0, 0.05) is 6.08 Å². The number of allylic oxidation sites excluding steroid dienone is 11. The Labute approximate surface area is 154 Å². The van der Waals surface area contributed by atoms with Gasteiger partial charge in [0.05, 0.1) is 7.11 Å². The lowest BCUT2D eigenvalue weighted by atomic mass is 10.1. The maximum absolute atomic E-state index is 10.8. The van der Waals surface area contributed by atoms with Crippen molar-refractivity contribution < 1.29 is 9.53 Å². The zero-order chi connectivity index (χ0) is 18.4. The molecule has 0 aromatic carbocycles. The van der Waals surface area contributed by atoms with E-state index in [1.807, 2.05) is 36.5 Å². The number of esters is 1. The van der Waals surface area contributed by atoms with Crippen LogP contribution in [0.3, 0.4) is 0 Å². The average molecular weight is 343 g/mol. The molecule has 25 heavy (non-hydrogen) atoms. The first-order valence-electron chi connectivity index (χ1n) is 9.39. The van der Waals surface area contributed by atoms with Crippen LogP contribution in [0.1, 0.15) is 58.3 Å². The highest BCUT2D eigenvalue weighted by molar-refractivity contribution is 5.82. The van der Waals surface area contributed by atoms with Crippen LogP contribution in [0.25, 0.3) is 0 Å². The molecule has 0 aliphatic carbocycles. The molecular weight excluding hydrogens is 308 g/mol. The summed E-state index contributed by atoms with van der Waals surface area (Å²) in [6.45, 7) is 2.26. The maximum atomic E-state index is 10.8. The van der Waals surface area contributed by atoms with E-state index in [1.165, 1.54) is 64.6 Å². The molecule has 0 rings (SSSR count). The zero-order valence-electron chi connectivity index (χ0n) is 15.9. The van der Waals surface area contributed by atoms with Gasteiger partial charge in [0.25, 0.3) is 0 Å². The van der Waals surface area contributed by atoms with Crippen molar-refractivity contribution in [3.63, 3.8) is 0 Å². The molecular formula is C23H34O2. The molecule has 0 aromatic heterocycles. The molecule has 0 aliphatic rings. The molecule has 0 saturated heterocycles. The molecule has 0 bridgehead atoms. The van der Waals surface area contributed by atoms with Gasteiger partial charge >= 0.3 is 5.97 Å². The monoisotopic (exact) mass is 342 g/mol. The molecule has 0 spiro atoms. The van der Waals surface area contributed by atoms with E-state index >= 15 is 0 Å². The summed E-state index contributed by atoms with van der Waals surface area (Å²) in [5.74, 6) is -0.348. The van der Waals surface area contributed by atoms with Crippen LogP contribution in [0.4, 0.5) is 0 Å². The number of unbranched alkanes of at least 4 members (excludes halogenated alkanes) is 7. The van der Waals surface area contributed by atoms with E-state index in [4.69, 9.17) is 0 Å². The lowest BCUT2D eigenvalue weighted by molar-refractivity contribution is -0.134.